The molecule has 0 bridgehead atoms. The monoisotopic (exact) mass is 138 g/mol. The average Bonchev–Trinajstić information content (AvgIpc) is 1.87. The predicted octanol–water partition coefficient (Wildman–Crippen LogP) is 3.55. The van der Waals surface area contributed by atoms with E-state index in [-0.39, 0.29) is 0 Å². The smallest absolute Gasteiger partial charge is 0.0345 e. The molecule has 0 aromatic rings. The number of hydrogen-bond acceptors (Lipinski definition) is 0. The van der Waals surface area contributed by atoms with Crippen LogP contribution in [0.3, 0.4) is 0 Å². The molecule has 0 spiro atoms. The van der Waals surface area contributed by atoms with Gasteiger partial charge < -0.3 is 0 Å². The molecule has 0 aliphatic heterocycles. The van der Waals surface area contributed by atoms with Gasteiger partial charge in [-0.2, -0.15) is 0 Å². The van der Waals surface area contributed by atoms with Crippen LogP contribution in [0.1, 0.15) is 33.6 Å². The van der Waals surface area contributed by atoms with E-state index in [9.17, 15) is 0 Å². The van der Waals surface area contributed by atoms with Gasteiger partial charge in [0.05, 0.1) is 0 Å². The lowest BCUT2D eigenvalue weighted by Gasteiger charge is -1.97. The molecule has 0 rings (SSSR count). The second-order valence-electron chi connectivity index (χ2n) is 2.93. The minimum Gasteiger partial charge on any atom is -0.0877 e. The highest BCUT2D eigenvalue weighted by molar-refractivity contribution is 5.00. The lowest BCUT2D eigenvalue weighted by atomic mass is 10.1. The molecule has 0 radical (unpaired) electrons. The summed E-state index contributed by atoms with van der Waals surface area (Å²) in [5, 5.41) is 0. The van der Waals surface area contributed by atoms with E-state index in [0.29, 0.717) is 0 Å². The molecular formula is C10H18. The van der Waals surface area contributed by atoms with Gasteiger partial charge in [-0.05, 0) is 25.7 Å². The zero-order valence-corrected chi connectivity index (χ0v) is 7.30. The molecule has 0 saturated carbocycles. The van der Waals surface area contributed by atoms with Crippen molar-refractivity contribution in [3.63, 3.8) is 0 Å². The molecule has 0 heterocycles. The van der Waals surface area contributed by atoms with Gasteiger partial charge in [0.15, 0.2) is 0 Å². The first-order valence-electron chi connectivity index (χ1n) is 4.05. The first-order valence-corrected chi connectivity index (χ1v) is 4.05. The molecule has 0 aliphatic carbocycles. The molecule has 0 aliphatic rings. The summed E-state index contributed by atoms with van der Waals surface area (Å²) in [5.74, 6) is 0.829. The summed E-state index contributed by atoms with van der Waals surface area (Å²) >= 11 is 0. The van der Waals surface area contributed by atoms with Crippen LogP contribution in [0.4, 0.5) is 0 Å². The summed E-state index contributed by atoms with van der Waals surface area (Å²) < 4.78 is 0. The van der Waals surface area contributed by atoms with E-state index >= 15 is 0 Å². The number of hydrogen-bond donors (Lipinski definition) is 0. The van der Waals surface area contributed by atoms with E-state index in [2.05, 4.69) is 32.1 Å². The lowest BCUT2D eigenvalue weighted by Crippen LogP contribution is -1.83. The van der Waals surface area contributed by atoms with Crippen molar-refractivity contribution in [2.24, 2.45) is 5.92 Å². The fourth-order valence-electron chi connectivity index (χ4n) is 0.715. The molecule has 10 heavy (non-hydrogen) atoms. The van der Waals surface area contributed by atoms with Gasteiger partial charge in [0, 0.05) is 0 Å². The summed E-state index contributed by atoms with van der Waals surface area (Å²) in [5.41, 5.74) is 0. The fraction of sp³-hybridized carbons (Fsp3) is 0.600. The van der Waals surface area contributed by atoms with Crippen LogP contribution in [-0.4, -0.2) is 0 Å². The predicted molar refractivity (Wildman–Crippen MR) is 48.0 cm³/mol. The van der Waals surface area contributed by atoms with Gasteiger partial charge in [-0.3, -0.25) is 0 Å². The maximum atomic E-state index is 2.25. The normalized spacial score (nSPS) is 12.4. The van der Waals surface area contributed by atoms with E-state index in [0.717, 1.165) is 5.92 Å². The highest BCUT2D eigenvalue weighted by atomic mass is 13.9. The lowest BCUT2D eigenvalue weighted by molar-refractivity contribution is 0.594. The van der Waals surface area contributed by atoms with Crippen LogP contribution in [0.15, 0.2) is 24.3 Å². The van der Waals surface area contributed by atoms with Crippen molar-refractivity contribution < 1.29 is 0 Å². The molecule has 0 atom stereocenters. The quantitative estimate of drug-likeness (QED) is 0.521. The van der Waals surface area contributed by atoms with Crippen molar-refractivity contribution in [3.8, 4) is 0 Å². The van der Waals surface area contributed by atoms with Crippen LogP contribution in [0.25, 0.3) is 0 Å². The summed E-state index contributed by atoms with van der Waals surface area (Å²) in [6.45, 7) is 6.54. The highest BCUT2D eigenvalue weighted by Crippen LogP contribution is 2.03. The second-order valence-corrected chi connectivity index (χ2v) is 2.93. The molecule has 0 saturated heterocycles. The van der Waals surface area contributed by atoms with Crippen LogP contribution in [0, 0.1) is 5.92 Å². The van der Waals surface area contributed by atoms with Crippen molar-refractivity contribution in [2.45, 2.75) is 33.6 Å². The Labute approximate surface area is 64.6 Å². The Hall–Kier alpha value is -0.520. The average molecular weight is 138 g/mol. The SMILES string of the molecule is C/C=C/C=C\CCC(C)C. The standard InChI is InChI=1S/C10H18/c1-4-5-6-7-8-9-10(2)3/h4-7,10H,8-9H2,1-3H3/b5-4+,7-6-. The van der Waals surface area contributed by atoms with Crippen LogP contribution in [-0.2, 0) is 0 Å². The number of allylic oxidation sites excluding steroid dienone is 4. The molecule has 58 valence electrons. The highest BCUT2D eigenvalue weighted by Gasteiger charge is 1.88. The van der Waals surface area contributed by atoms with E-state index in [1.54, 1.807) is 0 Å². The zero-order chi connectivity index (χ0) is 7.82. The van der Waals surface area contributed by atoms with Gasteiger partial charge in [0.1, 0.15) is 0 Å². The van der Waals surface area contributed by atoms with Gasteiger partial charge in [-0.15, -0.1) is 0 Å². The summed E-state index contributed by atoms with van der Waals surface area (Å²) in [6.07, 6.45) is 11.0. The summed E-state index contributed by atoms with van der Waals surface area (Å²) in [7, 11) is 0. The molecule has 0 unspecified atom stereocenters. The Balaban J connectivity index is 3.18. The summed E-state index contributed by atoms with van der Waals surface area (Å²) in [6, 6.07) is 0. The maximum Gasteiger partial charge on any atom is -0.0345 e. The number of rotatable bonds is 4. The van der Waals surface area contributed by atoms with Crippen LogP contribution < -0.4 is 0 Å². The fourth-order valence-corrected chi connectivity index (χ4v) is 0.715. The minimum atomic E-state index is 0.829. The molecule has 0 aromatic heterocycles. The third kappa shape index (κ3) is 7.48. The van der Waals surface area contributed by atoms with Gasteiger partial charge in [-0.1, -0.05) is 38.2 Å². The van der Waals surface area contributed by atoms with Crippen molar-refractivity contribution in [1.29, 1.82) is 0 Å². The zero-order valence-electron chi connectivity index (χ0n) is 7.30. The molecule has 0 N–H and O–H groups in total. The first kappa shape index (κ1) is 9.48. The van der Waals surface area contributed by atoms with Crippen molar-refractivity contribution in [3.05, 3.63) is 24.3 Å². The minimum absolute atomic E-state index is 0.829. The molecule has 0 fully saturated rings. The Morgan fingerprint density at radius 3 is 2.40 bits per heavy atom. The van der Waals surface area contributed by atoms with E-state index in [1.165, 1.54) is 12.8 Å². The second kappa shape index (κ2) is 6.60. The molecule has 0 aromatic carbocycles. The Morgan fingerprint density at radius 1 is 1.20 bits per heavy atom. The van der Waals surface area contributed by atoms with Crippen LogP contribution in [0.5, 0.6) is 0 Å². The molecule has 0 heteroatoms. The third-order valence-corrected chi connectivity index (χ3v) is 1.35. The maximum absolute atomic E-state index is 2.25. The Morgan fingerprint density at radius 2 is 1.90 bits per heavy atom. The van der Waals surface area contributed by atoms with Gasteiger partial charge in [-0.25, -0.2) is 0 Å². The van der Waals surface area contributed by atoms with Crippen molar-refractivity contribution in [2.75, 3.05) is 0 Å². The van der Waals surface area contributed by atoms with Crippen molar-refractivity contribution >= 4 is 0 Å². The van der Waals surface area contributed by atoms with Gasteiger partial charge >= 0.3 is 0 Å². The van der Waals surface area contributed by atoms with Crippen molar-refractivity contribution in [1.82, 2.24) is 0 Å². The Kier molecular flexibility index (Phi) is 6.25. The van der Waals surface area contributed by atoms with E-state index < -0.39 is 0 Å². The molecule has 0 amide bonds. The first-order chi connectivity index (χ1) is 4.77. The van der Waals surface area contributed by atoms with E-state index in [4.69, 9.17) is 0 Å². The third-order valence-electron chi connectivity index (χ3n) is 1.35. The van der Waals surface area contributed by atoms with Gasteiger partial charge in [0.25, 0.3) is 0 Å². The molecule has 0 nitrogen and oxygen atoms in total. The Bertz CT molecular complexity index is 107. The van der Waals surface area contributed by atoms with Crippen LogP contribution in [0.2, 0.25) is 0 Å². The van der Waals surface area contributed by atoms with E-state index in [1.807, 2.05) is 13.0 Å². The topological polar surface area (TPSA) is 0 Å². The van der Waals surface area contributed by atoms with Crippen LogP contribution >= 0.6 is 0 Å². The largest absolute Gasteiger partial charge is 0.0877 e. The molecular weight excluding hydrogens is 120 g/mol. The summed E-state index contributed by atoms with van der Waals surface area (Å²) in [4.78, 5) is 0. The van der Waals surface area contributed by atoms with Gasteiger partial charge in [0.2, 0.25) is 0 Å².